The number of fused-ring (bicyclic) bond motifs is 1. The maximum absolute atomic E-state index is 5.48. The Labute approximate surface area is 116 Å². The molecular formula is C13H19N5S. The Morgan fingerprint density at radius 1 is 1.47 bits per heavy atom. The highest BCUT2D eigenvalue weighted by Gasteiger charge is 2.26. The molecule has 0 aromatic carbocycles. The van der Waals surface area contributed by atoms with E-state index >= 15 is 0 Å². The lowest BCUT2D eigenvalue weighted by atomic mass is 10.3. The molecule has 1 aliphatic rings. The fraction of sp³-hybridized carbons (Fsp3) is 0.538. The highest BCUT2D eigenvalue weighted by atomic mass is 32.1. The van der Waals surface area contributed by atoms with Crippen molar-refractivity contribution in [3.63, 3.8) is 0 Å². The van der Waals surface area contributed by atoms with Crippen LogP contribution in [0.1, 0.15) is 26.2 Å². The summed E-state index contributed by atoms with van der Waals surface area (Å²) in [6, 6.07) is 2.10. The van der Waals surface area contributed by atoms with Crippen molar-refractivity contribution in [2.24, 2.45) is 11.8 Å². The minimum atomic E-state index is 0.502. The SMILES string of the molecule is CCCN(CC1CC1)c1nc(NN)nc2sccc12. The Bertz CT molecular complexity index is 563. The van der Waals surface area contributed by atoms with Gasteiger partial charge in [-0.05, 0) is 36.6 Å². The lowest BCUT2D eigenvalue weighted by Gasteiger charge is -2.24. The number of rotatable bonds is 6. The normalized spacial score (nSPS) is 14.8. The van der Waals surface area contributed by atoms with Crippen molar-refractivity contribution in [3.8, 4) is 0 Å². The summed E-state index contributed by atoms with van der Waals surface area (Å²) in [6.07, 6.45) is 3.81. The Balaban J connectivity index is 2.00. The number of nitrogen functional groups attached to an aromatic ring is 1. The number of hydrogen-bond donors (Lipinski definition) is 2. The number of nitrogens with one attached hydrogen (secondary N) is 1. The van der Waals surface area contributed by atoms with Crippen molar-refractivity contribution in [2.45, 2.75) is 26.2 Å². The Kier molecular flexibility index (Phi) is 3.52. The molecule has 2 heterocycles. The molecule has 0 saturated heterocycles. The van der Waals surface area contributed by atoms with Crippen LogP contribution < -0.4 is 16.2 Å². The zero-order valence-electron chi connectivity index (χ0n) is 11.1. The van der Waals surface area contributed by atoms with E-state index in [9.17, 15) is 0 Å². The Hall–Kier alpha value is -1.40. The van der Waals surface area contributed by atoms with Gasteiger partial charge in [0, 0.05) is 13.1 Å². The standard InChI is InChI=1S/C13H19N5S/c1-2-6-18(8-9-3-4-9)11-10-5-7-19-12(10)16-13(15-11)17-14/h5,7,9H,2-4,6,8,14H2,1H3,(H,15,16,17). The summed E-state index contributed by atoms with van der Waals surface area (Å²) in [7, 11) is 0. The monoisotopic (exact) mass is 277 g/mol. The number of anilines is 2. The molecule has 0 amide bonds. The zero-order chi connectivity index (χ0) is 13.2. The maximum Gasteiger partial charge on any atom is 0.240 e. The van der Waals surface area contributed by atoms with E-state index in [1.165, 1.54) is 12.8 Å². The molecule has 102 valence electrons. The second kappa shape index (κ2) is 5.30. The van der Waals surface area contributed by atoms with Gasteiger partial charge in [-0.15, -0.1) is 11.3 Å². The molecule has 19 heavy (non-hydrogen) atoms. The lowest BCUT2D eigenvalue weighted by molar-refractivity contribution is 0.701. The van der Waals surface area contributed by atoms with Crippen LogP contribution in [0.5, 0.6) is 0 Å². The van der Waals surface area contributed by atoms with Gasteiger partial charge >= 0.3 is 0 Å². The molecule has 3 rings (SSSR count). The van der Waals surface area contributed by atoms with E-state index in [0.717, 1.165) is 41.5 Å². The average molecular weight is 277 g/mol. The summed E-state index contributed by atoms with van der Waals surface area (Å²) in [4.78, 5) is 12.4. The Morgan fingerprint density at radius 3 is 3.00 bits per heavy atom. The molecule has 5 nitrogen and oxygen atoms in total. The van der Waals surface area contributed by atoms with Gasteiger partial charge in [0.05, 0.1) is 5.39 Å². The third kappa shape index (κ3) is 2.64. The number of aromatic nitrogens is 2. The number of nitrogens with two attached hydrogens (primary N) is 1. The fourth-order valence-corrected chi connectivity index (χ4v) is 3.07. The first kappa shape index (κ1) is 12.6. The molecular weight excluding hydrogens is 258 g/mol. The molecule has 2 aromatic heterocycles. The molecule has 3 N–H and O–H groups in total. The van der Waals surface area contributed by atoms with Crippen molar-refractivity contribution in [1.82, 2.24) is 9.97 Å². The van der Waals surface area contributed by atoms with Crippen LogP contribution in [0, 0.1) is 5.92 Å². The molecule has 1 aliphatic carbocycles. The second-order valence-corrected chi connectivity index (χ2v) is 5.94. The largest absolute Gasteiger partial charge is 0.356 e. The van der Waals surface area contributed by atoms with Gasteiger partial charge in [0.2, 0.25) is 5.95 Å². The molecule has 0 spiro atoms. The van der Waals surface area contributed by atoms with E-state index < -0.39 is 0 Å². The zero-order valence-corrected chi connectivity index (χ0v) is 11.9. The van der Waals surface area contributed by atoms with Crippen LogP contribution >= 0.6 is 11.3 Å². The van der Waals surface area contributed by atoms with Crippen LogP contribution in [0.4, 0.5) is 11.8 Å². The second-order valence-electron chi connectivity index (χ2n) is 5.04. The highest BCUT2D eigenvalue weighted by Crippen LogP contribution is 2.34. The molecule has 0 atom stereocenters. The first-order valence-corrected chi connectivity index (χ1v) is 7.66. The number of nitrogens with zero attached hydrogens (tertiary/aromatic N) is 3. The van der Waals surface area contributed by atoms with Gasteiger partial charge in [-0.1, -0.05) is 6.92 Å². The van der Waals surface area contributed by atoms with Gasteiger partial charge in [0.15, 0.2) is 0 Å². The van der Waals surface area contributed by atoms with Gasteiger partial charge < -0.3 is 4.90 Å². The summed E-state index contributed by atoms with van der Waals surface area (Å²) >= 11 is 1.63. The van der Waals surface area contributed by atoms with E-state index in [4.69, 9.17) is 5.84 Å². The van der Waals surface area contributed by atoms with Crippen LogP contribution in [0.25, 0.3) is 10.2 Å². The number of hydrogen-bond acceptors (Lipinski definition) is 6. The predicted molar refractivity (Wildman–Crippen MR) is 80.5 cm³/mol. The smallest absolute Gasteiger partial charge is 0.240 e. The topological polar surface area (TPSA) is 67.1 Å². The van der Waals surface area contributed by atoms with Crippen LogP contribution in [0.15, 0.2) is 11.4 Å². The van der Waals surface area contributed by atoms with Crippen molar-refractivity contribution in [2.75, 3.05) is 23.4 Å². The predicted octanol–water partition coefficient (Wildman–Crippen LogP) is 2.60. The first-order valence-electron chi connectivity index (χ1n) is 6.78. The van der Waals surface area contributed by atoms with Gasteiger partial charge in [-0.2, -0.15) is 4.98 Å². The van der Waals surface area contributed by atoms with Crippen molar-refractivity contribution in [1.29, 1.82) is 0 Å². The third-order valence-electron chi connectivity index (χ3n) is 3.40. The van der Waals surface area contributed by atoms with Gasteiger partial charge in [-0.3, -0.25) is 5.43 Å². The number of thiophene rings is 1. The fourth-order valence-electron chi connectivity index (χ4n) is 2.31. The summed E-state index contributed by atoms with van der Waals surface area (Å²) in [5.74, 6) is 7.84. The minimum Gasteiger partial charge on any atom is -0.356 e. The van der Waals surface area contributed by atoms with Gasteiger partial charge in [0.1, 0.15) is 10.6 Å². The maximum atomic E-state index is 5.48. The molecule has 6 heteroatoms. The average Bonchev–Trinajstić information content (AvgIpc) is 3.11. The summed E-state index contributed by atoms with van der Waals surface area (Å²) in [5, 5.41) is 3.20. The van der Waals surface area contributed by atoms with Crippen molar-refractivity contribution >= 4 is 33.3 Å². The summed E-state index contributed by atoms with van der Waals surface area (Å²) in [6.45, 7) is 4.33. The van der Waals surface area contributed by atoms with E-state index in [1.54, 1.807) is 11.3 Å². The van der Waals surface area contributed by atoms with E-state index in [0.29, 0.717) is 5.95 Å². The van der Waals surface area contributed by atoms with Crippen LogP contribution in [-0.4, -0.2) is 23.1 Å². The molecule has 0 radical (unpaired) electrons. The van der Waals surface area contributed by atoms with E-state index in [2.05, 4.69) is 38.7 Å². The number of hydrazine groups is 1. The van der Waals surface area contributed by atoms with Crippen LogP contribution in [-0.2, 0) is 0 Å². The molecule has 0 bridgehead atoms. The first-order chi connectivity index (χ1) is 9.31. The molecule has 0 unspecified atom stereocenters. The third-order valence-corrected chi connectivity index (χ3v) is 4.21. The lowest BCUT2D eigenvalue weighted by Crippen LogP contribution is -2.28. The minimum absolute atomic E-state index is 0.502. The van der Waals surface area contributed by atoms with Gasteiger partial charge in [-0.25, -0.2) is 10.8 Å². The molecule has 1 saturated carbocycles. The molecule has 1 fully saturated rings. The van der Waals surface area contributed by atoms with Crippen LogP contribution in [0.2, 0.25) is 0 Å². The van der Waals surface area contributed by atoms with Crippen molar-refractivity contribution in [3.05, 3.63) is 11.4 Å². The quantitative estimate of drug-likeness (QED) is 0.627. The van der Waals surface area contributed by atoms with Crippen molar-refractivity contribution < 1.29 is 0 Å². The van der Waals surface area contributed by atoms with Crippen LogP contribution in [0.3, 0.4) is 0 Å². The van der Waals surface area contributed by atoms with E-state index in [1.807, 2.05) is 0 Å². The molecule has 0 aliphatic heterocycles. The van der Waals surface area contributed by atoms with Gasteiger partial charge in [0.25, 0.3) is 0 Å². The summed E-state index contributed by atoms with van der Waals surface area (Å²) < 4.78 is 0. The molecule has 2 aromatic rings. The highest BCUT2D eigenvalue weighted by molar-refractivity contribution is 7.16. The van der Waals surface area contributed by atoms with E-state index in [-0.39, 0.29) is 0 Å². The Morgan fingerprint density at radius 2 is 2.32 bits per heavy atom. The summed E-state index contributed by atoms with van der Waals surface area (Å²) in [5.41, 5.74) is 2.57.